The number of nitrogens with zero attached hydrogens (tertiary/aromatic N) is 2. The van der Waals surface area contributed by atoms with E-state index in [2.05, 4.69) is 0 Å². The average Bonchev–Trinajstić information content (AvgIpc) is 3.10. The normalized spacial score (nSPS) is 21.0. The molecule has 34 heavy (non-hydrogen) atoms. The largest absolute Gasteiger partial charge is 0.377 e. The van der Waals surface area contributed by atoms with Crippen LogP contribution in [-0.2, 0) is 28.5 Å². The Balaban J connectivity index is 1.63. The van der Waals surface area contributed by atoms with Crippen LogP contribution in [0.25, 0.3) is 0 Å². The van der Waals surface area contributed by atoms with Crippen LogP contribution in [-0.4, -0.2) is 113 Å². The molecule has 1 aromatic rings. The van der Waals surface area contributed by atoms with Crippen LogP contribution in [0.3, 0.4) is 0 Å². The number of hydrogen-bond acceptors (Lipinski definition) is 8. The van der Waals surface area contributed by atoms with Crippen molar-refractivity contribution in [3.8, 4) is 0 Å². The van der Waals surface area contributed by atoms with Crippen LogP contribution in [0.2, 0.25) is 0 Å². The highest BCUT2D eigenvalue weighted by atomic mass is 16.6. The van der Waals surface area contributed by atoms with E-state index in [1.54, 1.807) is 36.1 Å². The summed E-state index contributed by atoms with van der Waals surface area (Å²) >= 11 is 0. The third kappa shape index (κ3) is 7.07. The van der Waals surface area contributed by atoms with E-state index in [-0.39, 0.29) is 5.91 Å². The lowest BCUT2D eigenvalue weighted by Crippen LogP contribution is -2.52. The van der Waals surface area contributed by atoms with E-state index in [0.29, 0.717) is 96.7 Å². The zero-order valence-corrected chi connectivity index (χ0v) is 19.7. The van der Waals surface area contributed by atoms with Gasteiger partial charge in [-0.2, -0.15) is 0 Å². The molecule has 2 aliphatic heterocycles. The molecule has 3 amide bonds. The third-order valence-corrected chi connectivity index (χ3v) is 5.62. The van der Waals surface area contributed by atoms with Gasteiger partial charge in [-0.1, -0.05) is 19.1 Å². The molecule has 0 aliphatic carbocycles. The molecule has 0 radical (unpaired) electrons. The monoisotopic (exact) mass is 478 g/mol. The Kier molecular flexibility index (Phi) is 10.9. The molecule has 0 N–H and O–H groups in total. The molecule has 1 fully saturated rings. The molecule has 1 saturated heterocycles. The number of rotatable bonds is 3. The van der Waals surface area contributed by atoms with Crippen molar-refractivity contribution in [1.82, 2.24) is 9.80 Å². The van der Waals surface area contributed by atoms with E-state index in [0.717, 1.165) is 4.90 Å². The molecule has 1 atom stereocenters. The summed E-state index contributed by atoms with van der Waals surface area (Å²) in [7, 11) is 0. The second-order valence-corrected chi connectivity index (χ2v) is 7.84. The van der Waals surface area contributed by atoms with Gasteiger partial charge in [-0.3, -0.25) is 19.3 Å². The van der Waals surface area contributed by atoms with Crippen LogP contribution in [0.5, 0.6) is 0 Å². The number of fused-ring (bicyclic) bond motifs is 1. The van der Waals surface area contributed by atoms with E-state index >= 15 is 0 Å². The summed E-state index contributed by atoms with van der Waals surface area (Å²) in [4.78, 5) is 42.0. The summed E-state index contributed by atoms with van der Waals surface area (Å²) in [6, 6.07) is 5.75. The van der Waals surface area contributed by atoms with Crippen molar-refractivity contribution in [1.29, 1.82) is 0 Å². The van der Waals surface area contributed by atoms with Crippen molar-refractivity contribution >= 4 is 17.7 Å². The summed E-state index contributed by atoms with van der Waals surface area (Å²) in [6.07, 6.45) is 0.312. The molecular weight excluding hydrogens is 444 g/mol. The standard InChI is InChI=1S/C24H34N2O8/c1-2-21(26-22(27)19-5-3-4-6-20(19)23(26)28)24(29)25-7-9-30-11-13-32-15-17-34-18-16-33-14-12-31-10-8-25/h3-6,21H,2,7-18H2,1H3. The first-order valence-electron chi connectivity index (χ1n) is 11.8. The molecule has 0 spiro atoms. The molecule has 188 valence electrons. The topological polar surface area (TPSA) is 104 Å². The highest BCUT2D eigenvalue weighted by molar-refractivity contribution is 6.22. The van der Waals surface area contributed by atoms with Crippen molar-refractivity contribution < 1.29 is 38.1 Å². The fourth-order valence-corrected chi connectivity index (χ4v) is 3.83. The second-order valence-electron chi connectivity index (χ2n) is 7.84. The summed E-state index contributed by atoms with van der Waals surface area (Å²) in [5, 5.41) is 0. The lowest BCUT2D eigenvalue weighted by Gasteiger charge is -2.31. The lowest BCUT2D eigenvalue weighted by molar-refractivity contribution is -0.137. The minimum absolute atomic E-state index is 0.299. The van der Waals surface area contributed by atoms with Gasteiger partial charge in [-0.05, 0) is 18.6 Å². The predicted molar refractivity (Wildman–Crippen MR) is 122 cm³/mol. The molecule has 2 aliphatic rings. The van der Waals surface area contributed by atoms with Crippen LogP contribution in [0.15, 0.2) is 24.3 Å². The Morgan fingerprint density at radius 2 is 1.12 bits per heavy atom. The van der Waals surface area contributed by atoms with E-state index in [1.807, 2.05) is 0 Å². The van der Waals surface area contributed by atoms with Crippen molar-refractivity contribution in [2.45, 2.75) is 19.4 Å². The van der Waals surface area contributed by atoms with Crippen LogP contribution < -0.4 is 0 Å². The van der Waals surface area contributed by atoms with Crippen molar-refractivity contribution in [3.05, 3.63) is 35.4 Å². The maximum absolute atomic E-state index is 13.5. The molecule has 3 rings (SSSR count). The van der Waals surface area contributed by atoms with Crippen LogP contribution in [0, 0.1) is 0 Å². The van der Waals surface area contributed by atoms with Gasteiger partial charge in [0.25, 0.3) is 11.8 Å². The Hall–Kier alpha value is -2.37. The van der Waals surface area contributed by atoms with Gasteiger partial charge in [0.2, 0.25) is 5.91 Å². The Morgan fingerprint density at radius 1 is 0.735 bits per heavy atom. The lowest BCUT2D eigenvalue weighted by atomic mass is 10.1. The minimum Gasteiger partial charge on any atom is -0.377 e. The molecule has 1 unspecified atom stereocenters. The zero-order valence-electron chi connectivity index (χ0n) is 19.7. The molecule has 1 aromatic carbocycles. The number of benzene rings is 1. The van der Waals surface area contributed by atoms with Gasteiger partial charge in [0.1, 0.15) is 6.04 Å². The quantitative estimate of drug-likeness (QED) is 0.593. The van der Waals surface area contributed by atoms with Gasteiger partial charge in [-0.25, -0.2) is 0 Å². The van der Waals surface area contributed by atoms with Crippen LogP contribution in [0.4, 0.5) is 0 Å². The van der Waals surface area contributed by atoms with E-state index < -0.39 is 17.9 Å². The maximum atomic E-state index is 13.5. The van der Waals surface area contributed by atoms with E-state index in [9.17, 15) is 14.4 Å². The molecule has 2 heterocycles. The smallest absolute Gasteiger partial charge is 0.262 e. The van der Waals surface area contributed by atoms with Gasteiger partial charge in [0, 0.05) is 13.1 Å². The van der Waals surface area contributed by atoms with Gasteiger partial charge in [0.05, 0.1) is 77.2 Å². The highest BCUT2D eigenvalue weighted by Gasteiger charge is 2.42. The molecular formula is C24H34N2O8. The number of imide groups is 1. The fraction of sp³-hybridized carbons (Fsp3) is 0.625. The first-order chi connectivity index (χ1) is 16.6. The summed E-state index contributed by atoms with van der Waals surface area (Å²) in [5.74, 6) is -1.18. The average molecular weight is 479 g/mol. The maximum Gasteiger partial charge on any atom is 0.262 e. The minimum atomic E-state index is -0.892. The van der Waals surface area contributed by atoms with Crippen LogP contribution in [0.1, 0.15) is 34.1 Å². The first-order valence-corrected chi connectivity index (χ1v) is 11.8. The van der Waals surface area contributed by atoms with Crippen molar-refractivity contribution in [3.63, 3.8) is 0 Å². The van der Waals surface area contributed by atoms with Crippen molar-refractivity contribution in [2.75, 3.05) is 79.2 Å². The number of amides is 3. The van der Waals surface area contributed by atoms with Gasteiger partial charge in [-0.15, -0.1) is 0 Å². The number of ether oxygens (including phenoxy) is 5. The second kappa shape index (κ2) is 14.1. The summed E-state index contributed by atoms with van der Waals surface area (Å²) in [5.41, 5.74) is 0.658. The van der Waals surface area contributed by atoms with E-state index in [4.69, 9.17) is 23.7 Å². The number of carbonyl (C=O) groups is 3. The molecule has 0 bridgehead atoms. The van der Waals surface area contributed by atoms with Gasteiger partial charge >= 0.3 is 0 Å². The fourth-order valence-electron chi connectivity index (χ4n) is 3.83. The number of hydrogen-bond donors (Lipinski definition) is 0. The molecule has 0 aromatic heterocycles. The van der Waals surface area contributed by atoms with E-state index in [1.165, 1.54) is 0 Å². The highest BCUT2D eigenvalue weighted by Crippen LogP contribution is 2.26. The Bertz CT molecular complexity index is 765. The Morgan fingerprint density at radius 3 is 1.50 bits per heavy atom. The van der Waals surface area contributed by atoms with Crippen LogP contribution >= 0.6 is 0 Å². The van der Waals surface area contributed by atoms with Crippen molar-refractivity contribution in [2.24, 2.45) is 0 Å². The SMILES string of the molecule is CCC(C(=O)N1CCOCCOCCOCCOCCOCC1)N1C(=O)c2ccccc2C1=O. The molecule has 10 heteroatoms. The summed E-state index contributed by atoms with van der Waals surface area (Å²) < 4.78 is 27.6. The number of carbonyl (C=O) groups excluding carboxylic acids is 3. The molecule has 10 nitrogen and oxygen atoms in total. The van der Waals surface area contributed by atoms with Gasteiger partial charge < -0.3 is 28.6 Å². The van der Waals surface area contributed by atoms with Gasteiger partial charge in [0.15, 0.2) is 0 Å². The Labute approximate surface area is 200 Å². The molecule has 0 saturated carbocycles. The summed E-state index contributed by atoms with van der Waals surface area (Å²) in [6.45, 7) is 6.52. The first kappa shape index (κ1) is 26.2. The zero-order chi connectivity index (χ0) is 24.2. The predicted octanol–water partition coefficient (Wildman–Crippen LogP) is 0.986. The third-order valence-electron chi connectivity index (χ3n) is 5.62.